The van der Waals surface area contributed by atoms with Gasteiger partial charge in [-0.05, 0) is 31.4 Å². The lowest BCUT2D eigenvalue weighted by molar-refractivity contribution is 0.0951. The van der Waals surface area contributed by atoms with Gasteiger partial charge in [0.1, 0.15) is 5.82 Å². The summed E-state index contributed by atoms with van der Waals surface area (Å²) in [6, 6.07) is 11.2. The van der Waals surface area contributed by atoms with Gasteiger partial charge in [-0.3, -0.25) is 9.59 Å². The fraction of sp³-hybridized carbons (Fsp3) is 0.316. The van der Waals surface area contributed by atoms with Crippen LogP contribution in [0.1, 0.15) is 29.6 Å². The Morgan fingerprint density at radius 1 is 1.23 bits per heavy atom. The Bertz CT molecular complexity index is 957. The number of H-pyrrole nitrogens is 2. The van der Waals surface area contributed by atoms with Gasteiger partial charge >= 0.3 is 0 Å². The summed E-state index contributed by atoms with van der Waals surface area (Å²) in [6.07, 6.45) is 4.93. The van der Waals surface area contributed by atoms with Gasteiger partial charge in [-0.15, -0.1) is 0 Å². The highest BCUT2D eigenvalue weighted by Gasteiger charge is 2.24. The Labute approximate surface area is 150 Å². The molecule has 0 spiro atoms. The third-order valence-electron chi connectivity index (χ3n) is 4.92. The molecular formula is C19H21N5O2. The molecule has 3 heterocycles. The average molecular weight is 351 g/mol. The van der Waals surface area contributed by atoms with E-state index in [1.165, 1.54) is 6.07 Å². The van der Waals surface area contributed by atoms with Crippen molar-refractivity contribution in [3.63, 3.8) is 0 Å². The number of anilines is 1. The molecule has 1 unspecified atom stereocenters. The van der Waals surface area contributed by atoms with E-state index in [4.69, 9.17) is 0 Å². The van der Waals surface area contributed by atoms with Crippen molar-refractivity contribution in [2.45, 2.75) is 25.3 Å². The highest BCUT2D eigenvalue weighted by Crippen LogP contribution is 2.22. The predicted octanol–water partition coefficient (Wildman–Crippen LogP) is 2.04. The predicted molar refractivity (Wildman–Crippen MR) is 100 cm³/mol. The minimum absolute atomic E-state index is 0.0811. The molecule has 3 aromatic rings. The number of aromatic amines is 2. The monoisotopic (exact) mass is 351 g/mol. The number of carbonyl (C=O) groups is 1. The third-order valence-corrected chi connectivity index (χ3v) is 4.92. The van der Waals surface area contributed by atoms with Gasteiger partial charge in [0.2, 0.25) is 0 Å². The molecule has 26 heavy (non-hydrogen) atoms. The van der Waals surface area contributed by atoms with E-state index >= 15 is 0 Å². The Hall–Kier alpha value is -3.09. The Morgan fingerprint density at radius 3 is 2.96 bits per heavy atom. The van der Waals surface area contributed by atoms with E-state index in [9.17, 15) is 9.59 Å². The van der Waals surface area contributed by atoms with E-state index in [-0.39, 0.29) is 17.5 Å². The first-order valence-corrected chi connectivity index (χ1v) is 8.89. The van der Waals surface area contributed by atoms with Gasteiger partial charge in [-0.25, -0.2) is 5.10 Å². The maximum Gasteiger partial charge on any atom is 0.264 e. The minimum atomic E-state index is -0.213. The normalized spacial score (nSPS) is 17.4. The molecule has 0 bridgehead atoms. The van der Waals surface area contributed by atoms with Gasteiger partial charge in [0.25, 0.3) is 11.5 Å². The molecule has 4 rings (SSSR count). The van der Waals surface area contributed by atoms with Gasteiger partial charge in [0, 0.05) is 42.3 Å². The molecule has 0 saturated carbocycles. The lowest BCUT2D eigenvalue weighted by atomic mass is 10.0. The fourth-order valence-corrected chi connectivity index (χ4v) is 3.58. The summed E-state index contributed by atoms with van der Waals surface area (Å²) in [5.74, 6) is 0.665. The smallest absolute Gasteiger partial charge is 0.264 e. The lowest BCUT2D eigenvalue weighted by Crippen LogP contribution is -2.47. The van der Waals surface area contributed by atoms with E-state index in [0.717, 1.165) is 42.5 Å². The number of hydrogen-bond acceptors (Lipinski definition) is 4. The van der Waals surface area contributed by atoms with Gasteiger partial charge in [-0.2, -0.15) is 5.10 Å². The zero-order valence-corrected chi connectivity index (χ0v) is 14.4. The molecule has 1 fully saturated rings. The summed E-state index contributed by atoms with van der Waals surface area (Å²) in [6.45, 7) is 1.41. The van der Waals surface area contributed by atoms with Crippen LogP contribution in [-0.2, 0) is 0 Å². The molecule has 1 atom stereocenters. The maximum atomic E-state index is 12.6. The highest BCUT2D eigenvalue weighted by atomic mass is 16.1. The summed E-state index contributed by atoms with van der Waals surface area (Å²) in [4.78, 5) is 29.2. The Kier molecular flexibility index (Phi) is 4.43. The number of rotatable bonds is 4. The molecule has 1 saturated heterocycles. The molecular weight excluding hydrogens is 330 g/mol. The topological polar surface area (TPSA) is 93.9 Å². The molecule has 7 nitrogen and oxygen atoms in total. The highest BCUT2D eigenvalue weighted by molar-refractivity contribution is 6.06. The maximum absolute atomic E-state index is 12.6. The first-order chi connectivity index (χ1) is 12.7. The number of para-hydroxylation sites is 1. The molecule has 1 aliphatic rings. The minimum Gasteiger partial charge on any atom is -0.360 e. The van der Waals surface area contributed by atoms with Crippen LogP contribution in [0.5, 0.6) is 0 Å². The number of nitrogens with one attached hydrogen (secondary N) is 3. The molecule has 2 aromatic heterocycles. The van der Waals surface area contributed by atoms with Crippen molar-refractivity contribution in [3.8, 4) is 0 Å². The first kappa shape index (κ1) is 16.4. The van der Waals surface area contributed by atoms with Crippen molar-refractivity contribution in [1.82, 2.24) is 20.5 Å². The van der Waals surface area contributed by atoms with E-state index in [1.54, 1.807) is 12.3 Å². The SMILES string of the molecule is O=C(NCC1CCCCN1c1ccc(=O)[nH]n1)c1c[nH]c2ccccc12. The van der Waals surface area contributed by atoms with Crippen LogP contribution < -0.4 is 15.8 Å². The van der Waals surface area contributed by atoms with Crippen LogP contribution in [-0.4, -0.2) is 40.2 Å². The standard InChI is InChI=1S/C19H21N5O2/c25-18-9-8-17(22-23-18)24-10-4-3-5-13(24)11-21-19(26)15-12-20-16-7-2-1-6-14(15)16/h1-2,6-9,12-13,20H,3-5,10-11H2,(H,21,26)(H,23,25). The molecule has 0 aliphatic carbocycles. The second-order valence-electron chi connectivity index (χ2n) is 6.58. The van der Waals surface area contributed by atoms with E-state index in [0.29, 0.717) is 12.1 Å². The average Bonchev–Trinajstić information content (AvgIpc) is 3.11. The quantitative estimate of drug-likeness (QED) is 0.670. The second kappa shape index (κ2) is 7.03. The zero-order chi connectivity index (χ0) is 17.9. The third kappa shape index (κ3) is 3.20. The fourth-order valence-electron chi connectivity index (χ4n) is 3.58. The number of hydrogen-bond donors (Lipinski definition) is 3. The molecule has 134 valence electrons. The van der Waals surface area contributed by atoms with E-state index < -0.39 is 0 Å². The Balaban J connectivity index is 1.47. The summed E-state index contributed by atoms with van der Waals surface area (Å²) >= 11 is 0. The largest absolute Gasteiger partial charge is 0.360 e. The Morgan fingerprint density at radius 2 is 2.12 bits per heavy atom. The second-order valence-corrected chi connectivity index (χ2v) is 6.58. The summed E-state index contributed by atoms with van der Waals surface area (Å²) in [5, 5.41) is 10.6. The number of aromatic nitrogens is 3. The number of piperidine rings is 1. The summed E-state index contributed by atoms with van der Waals surface area (Å²) in [5.41, 5.74) is 1.40. The lowest BCUT2D eigenvalue weighted by Gasteiger charge is -2.36. The van der Waals surface area contributed by atoms with E-state index in [1.807, 2.05) is 24.3 Å². The van der Waals surface area contributed by atoms with Crippen LogP contribution in [0.25, 0.3) is 10.9 Å². The first-order valence-electron chi connectivity index (χ1n) is 8.89. The van der Waals surface area contributed by atoms with Crippen LogP contribution in [0.3, 0.4) is 0 Å². The van der Waals surface area contributed by atoms with Crippen molar-refractivity contribution in [3.05, 3.63) is 58.5 Å². The molecule has 7 heteroatoms. The zero-order valence-electron chi connectivity index (χ0n) is 14.4. The number of nitrogens with zero attached hydrogens (tertiary/aromatic N) is 2. The van der Waals surface area contributed by atoms with Crippen LogP contribution in [0, 0.1) is 0 Å². The molecule has 1 amide bonds. The molecule has 1 aliphatic heterocycles. The van der Waals surface area contributed by atoms with Crippen molar-refractivity contribution >= 4 is 22.6 Å². The summed E-state index contributed by atoms with van der Waals surface area (Å²) < 4.78 is 0. The van der Waals surface area contributed by atoms with Crippen molar-refractivity contribution < 1.29 is 4.79 Å². The van der Waals surface area contributed by atoms with Crippen molar-refractivity contribution in [2.75, 3.05) is 18.0 Å². The van der Waals surface area contributed by atoms with Crippen LogP contribution in [0.4, 0.5) is 5.82 Å². The molecule has 1 aromatic carbocycles. The molecule has 0 radical (unpaired) electrons. The number of amides is 1. The number of benzene rings is 1. The van der Waals surface area contributed by atoms with Gasteiger partial charge < -0.3 is 15.2 Å². The van der Waals surface area contributed by atoms with Gasteiger partial charge in [-0.1, -0.05) is 18.2 Å². The number of fused-ring (bicyclic) bond motifs is 1. The van der Waals surface area contributed by atoms with Gasteiger partial charge in [0.15, 0.2) is 0 Å². The van der Waals surface area contributed by atoms with Crippen LogP contribution in [0.15, 0.2) is 47.4 Å². The molecule has 3 N–H and O–H groups in total. The summed E-state index contributed by atoms with van der Waals surface area (Å²) in [7, 11) is 0. The number of carbonyl (C=O) groups excluding carboxylic acids is 1. The van der Waals surface area contributed by atoms with Gasteiger partial charge in [0.05, 0.1) is 5.56 Å². The van der Waals surface area contributed by atoms with E-state index in [2.05, 4.69) is 25.4 Å². The van der Waals surface area contributed by atoms with Crippen molar-refractivity contribution in [1.29, 1.82) is 0 Å². The van der Waals surface area contributed by atoms with Crippen molar-refractivity contribution in [2.24, 2.45) is 0 Å². The van der Waals surface area contributed by atoms with Crippen LogP contribution >= 0.6 is 0 Å². The van der Waals surface area contributed by atoms with Crippen LogP contribution in [0.2, 0.25) is 0 Å².